The minimum Gasteiger partial charge on any atom is -0.507 e. The molecule has 0 heterocycles. The molecule has 0 spiro atoms. The van der Waals surface area contributed by atoms with Gasteiger partial charge in [-0.3, -0.25) is 19.7 Å². The monoisotopic (exact) mass is 300 g/mol. The predicted octanol–water partition coefficient (Wildman–Crippen LogP) is 2.49. The number of non-ortho nitro benzene ring substituents is 1. The van der Waals surface area contributed by atoms with Crippen LogP contribution in [0, 0.1) is 10.1 Å². The summed E-state index contributed by atoms with van der Waals surface area (Å²) in [4.78, 5) is 33.4. The number of hydrogen-bond donors (Lipinski definition) is 2. The lowest BCUT2D eigenvalue weighted by atomic mass is 10.0. The number of carbonyl (C=O) groups is 2. The number of rotatable bonds is 4. The average molecular weight is 300 g/mol. The summed E-state index contributed by atoms with van der Waals surface area (Å²) in [6.07, 6.45) is 0. The topological polar surface area (TPSA) is 110 Å². The van der Waals surface area contributed by atoms with Gasteiger partial charge in [0, 0.05) is 36.4 Å². The molecule has 0 aliphatic rings. The Morgan fingerprint density at radius 1 is 1.18 bits per heavy atom. The van der Waals surface area contributed by atoms with Crippen molar-refractivity contribution >= 4 is 23.1 Å². The zero-order valence-corrected chi connectivity index (χ0v) is 11.6. The lowest BCUT2D eigenvalue weighted by Crippen LogP contribution is -2.07. The van der Waals surface area contributed by atoms with E-state index >= 15 is 0 Å². The summed E-state index contributed by atoms with van der Waals surface area (Å²) < 4.78 is 0. The number of anilines is 1. The molecular weight excluding hydrogens is 288 g/mol. The second kappa shape index (κ2) is 6.04. The van der Waals surface area contributed by atoms with Crippen LogP contribution in [0.3, 0.4) is 0 Å². The van der Waals surface area contributed by atoms with Crippen molar-refractivity contribution in [1.82, 2.24) is 0 Å². The van der Waals surface area contributed by atoms with Crippen LogP contribution in [0.2, 0.25) is 0 Å². The van der Waals surface area contributed by atoms with Gasteiger partial charge >= 0.3 is 0 Å². The van der Waals surface area contributed by atoms with Crippen LogP contribution in [0.25, 0.3) is 0 Å². The minimum absolute atomic E-state index is 0.00500. The Bertz CT molecular complexity index is 770. The fraction of sp³-hybridized carbons (Fsp3) is 0.0667. The van der Waals surface area contributed by atoms with Gasteiger partial charge in [0.15, 0.2) is 5.78 Å². The highest BCUT2D eigenvalue weighted by Gasteiger charge is 2.17. The van der Waals surface area contributed by atoms with Crippen molar-refractivity contribution in [3.05, 3.63) is 63.7 Å². The van der Waals surface area contributed by atoms with Gasteiger partial charge in [-0.15, -0.1) is 0 Å². The highest BCUT2D eigenvalue weighted by molar-refractivity contribution is 6.11. The zero-order chi connectivity index (χ0) is 16.3. The van der Waals surface area contributed by atoms with Crippen molar-refractivity contribution in [3.63, 3.8) is 0 Å². The van der Waals surface area contributed by atoms with Crippen LogP contribution in [0.1, 0.15) is 22.8 Å². The average Bonchev–Trinajstić information content (AvgIpc) is 2.46. The molecule has 0 radical (unpaired) electrons. The predicted molar refractivity (Wildman–Crippen MR) is 78.9 cm³/mol. The van der Waals surface area contributed by atoms with Gasteiger partial charge in [0.2, 0.25) is 5.91 Å². The van der Waals surface area contributed by atoms with E-state index in [2.05, 4.69) is 5.32 Å². The first kappa shape index (κ1) is 15.2. The number of phenolic OH excluding ortho intramolecular Hbond substituents is 1. The summed E-state index contributed by atoms with van der Waals surface area (Å²) in [5.41, 5.74) is 0.229. The van der Waals surface area contributed by atoms with Crippen molar-refractivity contribution in [1.29, 1.82) is 0 Å². The number of nitrogens with zero attached hydrogens (tertiary/aromatic N) is 1. The Labute approximate surface area is 125 Å². The summed E-state index contributed by atoms with van der Waals surface area (Å²) in [6, 6.07) is 9.30. The van der Waals surface area contributed by atoms with Crippen molar-refractivity contribution in [3.8, 4) is 5.75 Å². The fourth-order valence-corrected chi connectivity index (χ4v) is 1.92. The second-order valence-corrected chi connectivity index (χ2v) is 4.55. The molecular formula is C15H12N2O5. The van der Waals surface area contributed by atoms with Crippen molar-refractivity contribution in [2.45, 2.75) is 6.92 Å². The van der Waals surface area contributed by atoms with Crippen LogP contribution in [-0.4, -0.2) is 21.7 Å². The minimum atomic E-state index is -0.601. The van der Waals surface area contributed by atoms with Crippen LogP contribution in [0.15, 0.2) is 42.5 Å². The largest absolute Gasteiger partial charge is 0.507 e. The molecule has 1 amide bonds. The van der Waals surface area contributed by atoms with Crippen molar-refractivity contribution in [2.24, 2.45) is 0 Å². The molecule has 0 aliphatic heterocycles. The maximum atomic E-state index is 12.3. The van der Waals surface area contributed by atoms with Crippen molar-refractivity contribution < 1.29 is 19.6 Å². The SMILES string of the molecule is CC(=O)Nc1ccc(C(=O)c2cccc([N+](=O)[O-])c2)c(O)c1. The molecule has 7 nitrogen and oxygen atoms in total. The number of hydrogen-bond acceptors (Lipinski definition) is 5. The molecule has 2 rings (SSSR count). The van der Waals surface area contributed by atoms with Gasteiger partial charge in [-0.1, -0.05) is 12.1 Å². The van der Waals surface area contributed by atoms with E-state index in [-0.39, 0.29) is 28.5 Å². The zero-order valence-electron chi connectivity index (χ0n) is 11.6. The number of aromatic hydroxyl groups is 1. The maximum Gasteiger partial charge on any atom is 0.270 e. The molecule has 0 bridgehead atoms. The Morgan fingerprint density at radius 3 is 2.50 bits per heavy atom. The third kappa shape index (κ3) is 3.26. The molecule has 2 N–H and O–H groups in total. The van der Waals surface area contributed by atoms with Gasteiger partial charge < -0.3 is 10.4 Å². The molecule has 0 atom stereocenters. The van der Waals surface area contributed by atoms with E-state index in [1.54, 1.807) is 0 Å². The normalized spacial score (nSPS) is 10.0. The molecule has 0 saturated heterocycles. The van der Waals surface area contributed by atoms with Crippen molar-refractivity contribution in [2.75, 3.05) is 5.32 Å². The number of ketones is 1. The highest BCUT2D eigenvalue weighted by Crippen LogP contribution is 2.25. The molecule has 0 saturated carbocycles. The number of carbonyl (C=O) groups excluding carboxylic acids is 2. The van der Waals surface area contributed by atoms with E-state index in [0.29, 0.717) is 5.69 Å². The lowest BCUT2D eigenvalue weighted by molar-refractivity contribution is -0.384. The van der Waals surface area contributed by atoms with E-state index in [4.69, 9.17) is 0 Å². The summed E-state index contributed by atoms with van der Waals surface area (Å²) in [5, 5.41) is 23.1. The molecule has 0 fully saturated rings. The van der Waals surface area contributed by atoms with Gasteiger partial charge in [-0.2, -0.15) is 0 Å². The standard InChI is InChI=1S/C15H12N2O5/c1-9(18)16-11-5-6-13(14(19)8-11)15(20)10-3-2-4-12(7-10)17(21)22/h2-8,19H,1H3,(H,16,18). The number of benzene rings is 2. The van der Waals surface area contributed by atoms with E-state index in [1.165, 1.54) is 43.3 Å². The van der Waals surface area contributed by atoms with Gasteiger partial charge in [0.25, 0.3) is 5.69 Å². The molecule has 2 aromatic carbocycles. The van der Waals surface area contributed by atoms with Gasteiger partial charge in [-0.05, 0) is 12.1 Å². The number of nitro benzene ring substituents is 1. The third-order valence-corrected chi connectivity index (χ3v) is 2.88. The molecule has 7 heteroatoms. The van der Waals surface area contributed by atoms with E-state index in [0.717, 1.165) is 6.07 Å². The summed E-state index contributed by atoms with van der Waals surface area (Å²) in [5.74, 6) is -1.17. The number of nitro groups is 1. The Hall–Kier alpha value is -3.22. The first-order chi connectivity index (χ1) is 10.4. The maximum absolute atomic E-state index is 12.3. The number of nitrogens with one attached hydrogen (secondary N) is 1. The van der Waals surface area contributed by atoms with Gasteiger partial charge in [0.05, 0.1) is 10.5 Å². The second-order valence-electron chi connectivity index (χ2n) is 4.55. The van der Waals surface area contributed by atoms with Crippen LogP contribution < -0.4 is 5.32 Å². The quantitative estimate of drug-likeness (QED) is 0.512. The van der Waals surface area contributed by atoms with Crippen LogP contribution >= 0.6 is 0 Å². The number of amides is 1. The van der Waals surface area contributed by atoms with E-state index in [1.807, 2.05) is 0 Å². The molecule has 0 aromatic heterocycles. The first-order valence-corrected chi connectivity index (χ1v) is 6.28. The van der Waals surface area contributed by atoms with Crippen LogP contribution in [-0.2, 0) is 4.79 Å². The molecule has 0 unspecified atom stereocenters. The fourth-order valence-electron chi connectivity index (χ4n) is 1.92. The van der Waals surface area contributed by atoms with Gasteiger partial charge in [-0.25, -0.2) is 0 Å². The summed E-state index contributed by atoms with van der Waals surface area (Å²) in [6.45, 7) is 1.32. The third-order valence-electron chi connectivity index (χ3n) is 2.88. The van der Waals surface area contributed by atoms with Gasteiger partial charge in [0.1, 0.15) is 5.75 Å². The summed E-state index contributed by atoms with van der Waals surface area (Å²) in [7, 11) is 0. The summed E-state index contributed by atoms with van der Waals surface area (Å²) >= 11 is 0. The van der Waals surface area contributed by atoms with E-state index in [9.17, 15) is 24.8 Å². The first-order valence-electron chi connectivity index (χ1n) is 6.28. The van der Waals surface area contributed by atoms with Crippen LogP contribution in [0.4, 0.5) is 11.4 Å². The Balaban J connectivity index is 2.35. The smallest absolute Gasteiger partial charge is 0.270 e. The van der Waals surface area contributed by atoms with E-state index < -0.39 is 10.7 Å². The highest BCUT2D eigenvalue weighted by atomic mass is 16.6. The molecule has 2 aromatic rings. The van der Waals surface area contributed by atoms with Crippen LogP contribution in [0.5, 0.6) is 5.75 Å². The lowest BCUT2D eigenvalue weighted by Gasteiger charge is -2.07. The molecule has 0 aliphatic carbocycles. The Morgan fingerprint density at radius 2 is 1.91 bits per heavy atom. The molecule has 112 valence electrons. The number of phenols is 1. The molecule has 22 heavy (non-hydrogen) atoms. The Kier molecular flexibility index (Phi) is 4.17.